The molecule has 1 fully saturated rings. The van der Waals surface area contributed by atoms with Gasteiger partial charge in [0.1, 0.15) is 5.82 Å². The number of benzene rings is 2. The molecule has 0 aromatic heterocycles. The van der Waals surface area contributed by atoms with E-state index in [0.29, 0.717) is 12.1 Å². The SMILES string of the molecule is C=S(N1CCNCC1)N(Cc1ccc(C(=O)OC)cc1F)c1ccccc1. The topological polar surface area (TPSA) is 44.8 Å². The zero-order chi connectivity index (χ0) is 19.2. The number of methoxy groups -OCH3 is 1. The van der Waals surface area contributed by atoms with Crippen molar-refractivity contribution in [3.05, 3.63) is 65.5 Å². The first kappa shape index (κ1) is 19.5. The van der Waals surface area contributed by atoms with E-state index in [-0.39, 0.29) is 5.56 Å². The number of nitrogens with zero attached hydrogens (tertiary/aromatic N) is 2. The molecule has 1 heterocycles. The van der Waals surface area contributed by atoms with Gasteiger partial charge in [-0.25, -0.2) is 13.5 Å². The lowest BCUT2D eigenvalue weighted by atomic mass is 10.1. The molecule has 1 aliphatic rings. The Balaban J connectivity index is 1.87. The first-order valence-corrected chi connectivity index (χ1v) is 10.1. The number of ether oxygens (including phenoxy) is 1. The Bertz CT molecular complexity index is 810. The summed E-state index contributed by atoms with van der Waals surface area (Å²) in [5.41, 5.74) is 1.72. The molecule has 5 nitrogen and oxygen atoms in total. The summed E-state index contributed by atoms with van der Waals surface area (Å²) in [5, 5.41) is 3.34. The van der Waals surface area contributed by atoms with Crippen LogP contribution in [-0.2, 0) is 11.3 Å². The van der Waals surface area contributed by atoms with Gasteiger partial charge in [0.05, 0.1) is 19.2 Å². The fourth-order valence-corrected chi connectivity index (χ4v) is 4.49. The number of carbonyl (C=O) groups excluding carboxylic acids is 1. The summed E-state index contributed by atoms with van der Waals surface area (Å²) in [7, 11) is 0.834. The molecule has 0 saturated carbocycles. The number of nitrogens with one attached hydrogen (secondary N) is 1. The molecule has 2 aromatic carbocycles. The van der Waals surface area contributed by atoms with Gasteiger partial charge in [-0.05, 0) is 41.0 Å². The number of carbonyl (C=O) groups is 1. The summed E-state index contributed by atoms with van der Waals surface area (Å²) in [6, 6.07) is 14.4. The summed E-state index contributed by atoms with van der Waals surface area (Å²) in [6.07, 6.45) is 0. The number of halogens is 1. The molecule has 7 heteroatoms. The van der Waals surface area contributed by atoms with Crippen molar-refractivity contribution in [1.29, 1.82) is 0 Å². The number of piperazine rings is 1. The largest absolute Gasteiger partial charge is 0.465 e. The predicted octanol–water partition coefficient (Wildman–Crippen LogP) is 3.06. The molecule has 27 heavy (non-hydrogen) atoms. The van der Waals surface area contributed by atoms with Gasteiger partial charge in [-0.2, -0.15) is 0 Å². The van der Waals surface area contributed by atoms with Crippen LogP contribution in [-0.4, -0.2) is 49.4 Å². The summed E-state index contributed by atoms with van der Waals surface area (Å²) in [6.45, 7) is 4.01. The highest BCUT2D eigenvalue weighted by Crippen LogP contribution is 2.32. The molecule has 1 atom stereocenters. The van der Waals surface area contributed by atoms with Gasteiger partial charge in [-0.1, -0.05) is 24.3 Å². The highest BCUT2D eigenvalue weighted by Gasteiger charge is 2.20. The molecule has 0 spiro atoms. The maximum atomic E-state index is 14.7. The minimum Gasteiger partial charge on any atom is -0.465 e. The second-order valence-corrected chi connectivity index (χ2v) is 7.83. The second-order valence-electron chi connectivity index (χ2n) is 6.19. The number of hydrogen-bond donors (Lipinski definition) is 1. The van der Waals surface area contributed by atoms with E-state index in [9.17, 15) is 9.18 Å². The Morgan fingerprint density at radius 1 is 1.26 bits per heavy atom. The van der Waals surface area contributed by atoms with Crippen LogP contribution < -0.4 is 9.62 Å². The van der Waals surface area contributed by atoms with Crippen LogP contribution in [0, 0.1) is 5.82 Å². The van der Waals surface area contributed by atoms with E-state index in [1.807, 2.05) is 30.3 Å². The average molecular weight is 389 g/mol. The third-order valence-electron chi connectivity index (χ3n) is 4.46. The van der Waals surface area contributed by atoms with Gasteiger partial charge in [0, 0.05) is 37.4 Å². The van der Waals surface area contributed by atoms with Crippen LogP contribution in [0.4, 0.5) is 10.1 Å². The van der Waals surface area contributed by atoms with Crippen LogP contribution in [0.1, 0.15) is 15.9 Å². The predicted molar refractivity (Wildman–Crippen MR) is 110 cm³/mol. The third-order valence-corrected chi connectivity index (χ3v) is 6.27. The first-order valence-electron chi connectivity index (χ1n) is 8.79. The van der Waals surface area contributed by atoms with Crippen LogP contribution in [0.5, 0.6) is 0 Å². The van der Waals surface area contributed by atoms with Crippen molar-refractivity contribution in [3.8, 4) is 0 Å². The Hall–Kier alpha value is -2.22. The van der Waals surface area contributed by atoms with Crippen molar-refractivity contribution in [3.63, 3.8) is 0 Å². The molecule has 1 aliphatic heterocycles. The quantitative estimate of drug-likeness (QED) is 0.608. The van der Waals surface area contributed by atoms with Crippen molar-refractivity contribution in [2.75, 3.05) is 37.6 Å². The zero-order valence-corrected chi connectivity index (χ0v) is 16.2. The Morgan fingerprint density at radius 3 is 2.59 bits per heavy atom. The zero-order valence-electron chi connectivity index (χ0n) is 15.4. The van der Waals surface area contributed by atoms with E-state index in [2.05, 4.69) is 24.5 Å². The summed E-state index contributed by atoms with van der Waals surface area (Å²) in [5.74, 6) is 3.41. The van der Waals surface area contributed by atoms with E-state index in [1.165, 1.54) is 13.2 Å². The summed E-state index contributed by atoms with van der Waals surface area (Å²) < 4.78 is 23.7. The number of rotatable bonds is 6. The van der Waals surface area contributed by atoms with E-state index in [4.69, 9.17) is 0 Å². The minimum absolute atomic E-state index is 0.209. The van der Waals surface area contributed by atoms with Crippen LogP contribution in [0.15, 0.2) is 48.5 Å². The fraction of sp³-hybridized carbons (Fsp3) is 0.300. The molecule has 1 unspecified atom stereocenters. The van der Waals surface area contributed by atoms with Gasteiger partial charge in [0.15, 0.2) is 0 Å². The van der Waals surface area contributed by atoms with E-state index in [1.54, 1.807) is 12.1 Å². The van der Waals surface area contributed by atoms with Crippen molar-refractivity contribution in [1.82, 2.24) is 9.62 Å². The molecule has 1 N–H and O–H groups in total. The van der Waals surface area contributed by atoms with Gasteiger partial charge in [0.2, 0.25) is 0 Å². The van der Waals surface area contributed by atoms with Gasteiger partial charge >= 0.3 is 5.97 Å². The van der Waals surface area contributed by atoms with Gasteiger partial charge in [-0.3, -0.25) is 0 Å². The van der Waals surface area contributed by atoms with Crippen molar-refractivity contribution < 1.29 is 13.9 Å². The highest BCUT2D eigenvalue weighted by atomic mass is 32.2. The molecule has 0 radical (unpaired) electrons. The van der Waals surface area contributed by atoms with Crippen LogP contribution in [0.2, 0.25) is 0 Å². The molecular weight excluding hydrogens is 365 g/mol. The molecule has 3 rings (SSSR count). The fourth-order valence-electron chi connectivity index (χ4n) is 2.95. The molecule has 2 aromatic rings. The molecule has 0 amide bonds. The molecule has 1 saturated heterocycles. The molecule has 0 bridgehead atoms. The standard InChI is InChI=1S/C20H24FN3O2S/c1-26-20(25)16-8-9-17(19(21)14-16)15-24(18-6-4-3-5-7-18)27(2)23-12-10-22-11-13-23/h3-9,14,22H,2,10-13,15H2,1H3. The number of para-hydroxylation sites is 1. The maximum absolute atomic E-state index is 14.7. The van der Waals surface area contributed by atoms with Crippen LogP contribution in [0.3, 0.4) is 0 Å². The Labute approximate surface area is 161 Å². The normalized spacial score (nSPS) is 15.9. The first-order chi connectivity index (χ1) is 13.1. The van der Waals surface area contributed by atoms with E-state index < -0.39 is 22.6 Å². The monoisotopic (exact) mass is 389 g/mol. The minimum atomic E-state index is -0.543. The summed E-state index contributed by atoms with van der Waals surface area (Å²) >= 11 is 0. The number of esters is 1. The highest BCUT2D eigenvalue weighted by molar-refractivity contribution is 8.13. The molecule has 144 valence electrons. The maximum Gasteiger partial charge on any atom is 0.337 e. The lowest BCUT2D eigenvalue weighted by Crippen LogP contribution is -2.43. The number of hydrogen-bond acceptors (Lipinski definition) is 5. The van der Waals surface area contributed by atoms with Crippen molar-refractivity contribution in [2.45, 2.75) is 6.54 Å². The second kappa shape index (κ2) is 9.12. The van der Waals surface area contributed by atoms with Gasteiger partial charge in [-0.15, -0.1) is 0 Å². The Kier molecular flexibility index (Phi) is 6.60. The Morgan fingerprint density at radius 2 is 1.96 bits per heavy atom. The average Bonchev–Trinajstić information content (AvgIpc) is 2.73. The lowest BCUT2D eigenvalue weighted by Gasteiger charge is -2.37. The van der Waals surface area contributed by atoms with Crippen molar-refractivity contribution in [2.24, 2.45) is 0 Å². The lowest BCUT2D eigenvalue weighted by molar-refractivity contribution is 0.0600. The summed E-state index contributed by atoms with van der Waals surface area (Å²) in [4.78, 5) is 11.6. The van der Waals surface area contributed by atoms with Gasteiger partial charge in [0.25, 0.3) is 0 Å². The molecule has 0 aliphatic carbocycles. The third kappa shape index (κ3) is 4.74. The van der Waals surface area contributed by atoms with Crippen LogP contribution >= 0.6 is 10.9 Å². The van der Waals surface area contributed by atoms with Crippen LogP contribution in [0.25, 0.3) is 0 Å². The smallest absolute Gasteiger partial charge is 0.337 e. The molecular formula is C20H24FN3O2S. The van der Waals surface area contributed by atoms with E-state index in [0.717, 1.165) is 31.9 Å². The van der Waals surface area contributed by atoms with E-state index >= 15 is 0 Å². The van der Waals surface area contributed by atoms with Crippen molar-refractivity contribution >= 4 is 28.4 Å². The van der Waals surface area contributed by atoms with Gasteiger partial charge < -0.3 is 14.4 Å². The number of anilines is 1.